The number of ether oxygens (including phenoxy) is 1. The number of likely N-dealkylation sites (N-methyl/N-ethyl adjacent to an activating group) is 1. The number of benzene rings is 2. The lowest BCUT2D eigenvalue weighted by Gasteiger charge is -2.25. The van der Waals surface area contributed by atoms with Crippen molar-refractivity contribution < 1.29 is 34.1 Å². The summed E-state index contributed by atoms with van der Waals surface area (Å²) in [4.78, 5) is 51.5. The molecule has 216 valence electrons. The first kappa shape index (κ1) is 30.4. The number of fused-ring (bicyclic) bond motifs is 5. The van der Waals surface area contributed by atoms with Crippen molar-refractivity contribution >= 4 is 23.7 Å². The summed E-state index contributed by atoms with van der Waals surface area (Å²) in [5.41, 5.74) is 2.32. The quantitative estimate of drug-likeness (QED) is 0.170. The second-order valence-corrected chi connectivity index (χ2v) is 9.60. The third-order valence-electron chi connectivity index (χ3n) is 6.83. The molecule has 4 bridgehead atoms. The molecule has 12 heteroatoms. The highest BCUT2D eigenvalue weighted by molar-refractivity contribution is 5.94. The monoisotopic (exact) mass is 555 g/mol. The first-order valence-electron chi connectivity index (χ1n) is 13.1. The largest absolute Gasteiger partial charge is 0.508 e. The molecule has 0 radical (unpaired) electrons. The van der Waals surface area contributed by atoms with Crippen LogP contribution >= 0.6 is 0 Å². The van der Waals surface area contributed by atoms with Gasteiger partial charge < -0.3 is 41.5 Å². The van der Waals surface area contributed by atoms with Gasteiger partial charge in [-0.25, -0.2) is 0 Å². The van der Waals surface area contributed by atoms with Crippen LogP contribution in [0.15, 0.2) is 36.4 Å². The Balaban J connectivity index is 2.07. The molecule has 0 aliphatic carbocycles. The zero-order valence-corrected chi connectivity index (χ0v) is 22.9. The third kappa shape index (κ3) is 7.93. The van der Waals surface area contributed by atoms with E-state index in [2.05, 4.69) is 31.3 Å². The van der Waals surface area contributed by atoms with Crippen LogP contribution in [0, 0.1) is 0 Å². The van der Waals surface area contributed by atoms with Crippen LogP contribution in [0.5, 0.6) is 11.5 Å². The third-order valence-corrected chi connectivity index (χ3v) is 6.83. The summed E-state index contributed by atoms with van der Waals surface area (Å²) in [7, 11) is 4.58. The van der Waals surface area contributed by atoms with E-state index in [4.69, 9.17) is 0 Å². The number of carbonyl (C=O) groups is 4. The van der Waals surface area contributed by atoms with Crippen molar-refractivity contribution in [3.63, 3.8) is 0 Å². The molecule has 0 fully saturated rings. The Morgan fingerprint density at radius 2 is 1.57 bits per heavy atom. The second kappa shape index (κ2) is 14.3. The van der Waals surface area contributed by atoms with Gasteiger partial charge >= 0.3 is 5.97 Å². The molecule has 3 rings (SSSR count). The van der Waals surface area contributed by atoms with Crippen LogP contribution in [0.1, 0.15) is 24.0 Å². The fourth-order valence-electron chi connectivity index (χ4n) is 4.48. The van der Waals surface area contributed by atoms with Crippen molar-refractivity contribution in [2.24, 2.45) is 0 Å². The number of hydrogen-bond donors (Lipinski definition) is 7. The van der Waals surface area contributed by atoms with E-state index in [1.165, 1.54) is 19.2 Å². The van der Waals surface area contributed by atoms with Gasteiger partial charge in [-0.2, -0.15) is 0 Å². The molecular formula is C28H37N5O7. The Bertz CT molecular complexity index is 1240. The number of nitrogens with one attached hydrogen (secondary N) is 5. The number of phenolic OH excluding ortho intramolecular Hbond substituents is 2. The van der Waals surface area contributed by atoms with E-state index in [1.54, 1.807) is 38.4 Å². The van der Waals surface area contributed by atoms with Gasteiger partial charge in [0.25, 0.3) is 0 Å². The highest BCUT2D eigenvalue weighted by Gasteiger charge is 2.30. The summed E-state index contributed by atoms with van der Waals surface area (Å²) in [6, 6.07) is 6.97. The lowest BCUT2D eigenvalue weighted by Crippen LogP contribution is -2.57. The Labute approximate surface area is 232 Å². The standard InChI is InChI=1S/C28H37N5O7/c1-29-10-4-5-20-27(38)33-22(26(37)31-15-25(36)40-3)14-19-12-17(7-9-24(19)35)16-6-8-23(34)18(11-16)13-21(30-2)28(39)32-20/h6-9,11-12,20-22,29-30,34-35H,4-5,10,13-15H2,1-3H3,(H,31,37)(H,32,39)(H,33,38)/t20-,21-,22-/m0/s1. The highest BCUT2D eigenvalue weighted by Crippen LogP contribution is 2.31. The van der Waals surface area contributed by atoms with Crippen molar-refractivity contribution in [3.05, 3.63) is 47.5 Å². The Morgan fingerprint density at radius 3 is 2.15 bits per heavy atom. The zero-order valence-electron chi connectivity index (χ0n) is 22.9. The van der Waals surface area contributed by atoms with Gasteiger partial charge in [0.05, 0.1) is 13.2 Å². The second-order valence-electron chi connectivity index (χ2n) is 9.60. The molecule has 1 heterocycles. The average molecular weight is 556 g/mol. The Hall–Kier alpha value is -4.16. The summed E-state index contributed by atoms with van der Waals surface area (Å²) < 4.78 is 4.59. The molecule has 40 heavy (non-hydrogen) atoms. The summed E-state index contributed by atoms with van der Waals surface area (Å²) in [5.74, 6) is -2.43. The number of amides is 3. The van der Waals surface area contributed by atoms with E-state index in [9.17, 15) is 29.4 Å². The fraction of sp³-hybridized carbons (Fsp3) is 0.429. The summed E-state index contributed by atoms with van der Waals surface area (Å²) in [6.45, 7) is 0.190. The molecule has 0 unspecified atom stereocenters. The number of phenols is 2. The molecule has 1 aliphatic rings. The predicted octanol–water partition coefficient (Wildman–Crippen LogP) is -0.290. The minimum Gasteiger partial charge on any atom is -0.508 e. The van der Waals surface area contributed by atoms with E-state index in [0.717, 1.165) is 5.56 Å². The van der Waals surface area contributed by atoms with Crippen molar-refractivity contribution in [3.8, 4) is 22.6 Å². The van der Waals surface area contributed by atoms with Gasteiger partial charge in [-0.1, -0.05) is 12.1 Å². The molecule has 0 saturated carbocycles. The molecule has 2 aromatic rings. The number of hydrogen-bond acceptors (Lipinski definition) is 9. The van der Waals surface area contributed by atoms with E-state index in [0.29, 0.717) is 29.7 Å². The van der Waals surface area contributed by atoms with Gasteiger partial charge in [-0.3, -0.25) is 19.2 Å². The molecule has 2 aromatic carbocycles. The lowest BCUT2D eigenvalue weighted by atomic mass is 9.95. The van der Waals surface area contributed by atoms with E-state index < -0.39 is 48.4 Å². The van der Waals surface area contributed by atoms with E-state index in [1.807, 2.05) is 0 Å². The summed E-state index contributed by atoms with van der Waals surface area (Å²) in [5, 5.41) is 35.0. The number of carbonyl (C=O) groups excluding carboxylic acids is 4. The maximum atomic E-state index is 13.5. The molecule has 12 nitrogen and oxygen atoms in total. The van der Waals surface area contributed by atoms with Gasteiger partial charge in [0.1, 0.15) is 30.1 Å². The van der Waals surface area contributed by atoms with Crippen LogP contribution in [-0.2, 0) is 36.8 Å². The average Bonchev–Trinajstić information content (AvgIpc) is 2.94. The SMILES string of the molecule is CNCCC[C@@H]1NC(=O)[C@@H](NC)Cc2cc(ccc2O)-c2ccc(O)c(c2)C[C@@H](C(=O)NCC(=O)OC)NC1=O. The zero-order chi connectivity index (χ0) is 29.2. The van der Waals surface area contributed by atoms with Gasteiger partial charge in [0, 0.05) is 12.8 Å². The summed E-state index contributed by atoms with van der Waals surface area (Å²) >= 11 is 0. The molecule has 0 spiro atoms. The number of rotatable bonds is 8. The minimum atomic E-state index is -1.18. The maximum absolute atomic E-state index is 13.5. The van der Waals surface area contributed by atoms with Crippen LogP contribution in [0.2, 0.25) is 0 Å². The predicted molar refractivity (Wildman–Crippen MR) is 148 cm³/mol. The topological polar surface area (TPSA) is 178 Å². The fourth-order valence-corrected chi connectivity index (χ4v) is 4.48. The van der Waals surface area contributed by atoms with Crippen LogP contribution in [0.3, 0.4) is 0 Å². The Morgan fingerprint density at radius 1 is 0.950 bits per heavy atom. The first-order chi connectivity index (χ1) is 19.2. The normalized spacial score (nSPS) is 19.4. The molecule has 3 atom stereocenters. The number of esters is 1. The molecule has 0 saturated heterocycles. The molecule has 1 aliphatic heterocycles. The van der Waals surface area contributed by atoms with Crippen LogP contribution < -0.4 is 26.6 Å². The minimum absolute atomic E-state index is 0.0192. The van der Waals surface area contributed by atoms with E-state index in [-0.39, 0.29) is 30.8 Å². The van der Waals surface area contributed by atoms with E-state index >= 15 is 0 Å². The van der Waals surface area contributed by atoms with Crippen molar-refractivity contribution in [1.82, 2.24) is 26.6 Å². The van der Waals surface area contributed by atoms with Crippen molar-refractivity contribution in [2.75, 3.05) is 34.3 Å². The first-order valence-corrected chi connectivity index (χ1v) is 13.1. The van der Waals surface area contributed by atoms with Crippen LogP contribution in [-0.4, -0.2) is 86.3 Å². The molecule has 3 amide bonds. The van der Waals surface area contributed by atoms with Gasteiger partial charge in [0.2, 0.25) is 17.7 Å². The van der Waals surface area contributed by atoms with Gasteiger partial charge in [-0.05, 0) is 80.0 Å². The van der Waals surface area contributed by atoms with Gasteiger partial charge in [0.15, 0.2) is 0 Å². The lowest BCUT2D eigenvalue weighted by molar-refractivity contribution is -0.141. The molecule has 0 aromatic heterocycles. The number of aromatic hydroxyl groups is 2. The highest BCUT2D eigenvalue weighted by atomic mass is 16.5. The van der Waals surface area contributed by atoms with Gasteiger partial charge in [-0.15, -0.1) is 0 Å². The van der Waals surface area contributed by atoms with Crippen LogP contribution in [0.25, 0.3) is 11.1 Å². The molecular weight excluding hydrogens is 518 g/mol. The Kier molecular flexibility index (Phi) is 10.9. The maximum Gasteiger partial charge on any atom is 0.325 e. The van der Waals surface area contributed by atoms with Crippen molar-refractivity contribution in [2.45, 2.75) is 43.8 Å². The number of methoxy groups -OCH3 is 1. The summed E-state index contributed by atoms with van der Waals surface area (Å²) in [6.07, 6.45) is 0.896. The van der Waals surface area contributed by atoms with Crippen LogP contribution in [0.4, 0.5) is 0 Å². The van der Waals surface area contributed by atoms with Crippen molar-refractivity contribution in [1.29, 1.82) is 0 Å². The smallest absolute Gasteiger partial charge is 0.325 e. The molecule has 7 N–H and O–H groups in total.